The molecule has 0 saturated heterocycles. The summed E-state index contributed by atoms with van der Waals surface area (Å²) in [6.07, 6.45) is 5.23. The van der Waals surface area contributed by atoms with E-state index in [1.54, 1.807) is 22.7 Å². The van der Waals surface area contributed by atoms with Crippen LogP contribution in [0.25, 0.3) is 5.52 Å². The number of halogens is 1. The van der Waals surface area contributed by atoms with Gasteiger partial charge in [-0.15, -0.1) is 0 Å². The van der Waals surface area contributed by atoms with Crippen LogP contribution in [0.2, 0.25) is 0 Å². The molecule has 2 aromatic heterocycles. The minimum atomic E-state index is -0.537. The summed E-state index contributed by atoms with van der Waals surface area (Å²) >= 11 is 0. The zero-order valence-corrected chi connectivity index (χ0v) is 15.1. The normalized spacial score (nSPS) is 19.9. The Morgan fingerprint density at radius 2 is 1.93 bits per heavy atom. The van der Waals surface area contributed by atoms with Crippen LogP contribution in [0.1, 0.15) is 47.3 Å². The highest BCUT2D eigenvalue weighted by Gasteiger charge is 2.27. The Labute approximate surface area is 157 Å². The molecule has 0 aliphatic heterocycles. The summed E-state index contributed by atoms with van der Waals surface area (Å²) in [7, 11) is 0. The summed E-state index contributed by atoms with van der Waals surface area (Å²) in [6.45, 7) is 0. The second-order valence-corrected chi connectivity index (χ2v) is 7.22. The van der Waals surface area contributed by atoms with Gasteiger partial charge in [0.15, 0.2) is 0 Å². The highest BCUT2D eigenvalue weighted by molar-refractivity contribution is 6.01. The number of aromatic nitrogens is 1. The second-order valence-electron chi connectivity index (χ2n) is 7.22. The average Bonchev–Trinajstić information content (AvgIpc) is 3.04. The number of hydrogen-bond donors (Lipinski definition) is 2. The molecule has 1 amide bonds. The maximum atomic E-state index is 14.6. The Hall–Kier alpha value is -2.66. The van der Waals surface area contributed by atoms with E-state index in [0.29, 0.717) is 18.4 Å². The van der Waals surface area contributed by atoms with Gasteiger partial charge in [-0.1, -0.05) is 43.2 Å². The summed E-state index contributed by atoms with van der Waals surface area (Å²) in [5, 5.41) is 13.1. The minimum absolute atomic E-state index is 0.273. The number of aliphatic hydroxyl groups excluding tert-OH is 1. The first-order valence-corrected chi connectivity index (χ1v) is 9.45. The molecule has 4 nitrogen and oxygen atoms in total. The molecule has 0 bridgehead atoms. The van der Waals surface area contributed by atoms with Crippen LogP contribution in [0.3, 0.4) is 0 Å². The fourth-order valence-electron chi connectivity index (χ4n) is 3.92. The van der Waals surface area contributed by atoms with E-state index in [9.17, 15) is 14.3 Å². The Morgan fingerprint density at radius 3 is 2.70 bits per heavy atom. The fraction of sp³-hybridized carbons (Fsp3) is 0.318. The molecule has 5 heteroatoms. The van der Waals surface area contributed by atoms with E-state index in [-0.39, 0.29) is 17.5 Å². The van der Waals surface area contributed by atoms with Gasteiger partial charge in [-0.2, -0.15) is 0 Å². The van der Waals surface area contributed by atoms with Gasteiger partial charge in [-0.3, -0.25) is 4.79 Å². The Kier molecular flexibility index (Phi) is 4.94. The maximum absolute atomic E-state index is 14.6. The average molecular weight is 366 g/mol. The number of carbonyl (C=O) groups excluding carboxylic acids is 1. The van der Waals surface area contributed by atoms with E-state index in [0.717, 1.165) is 30.5 Å². The molecule has 0 unspecified atom stereocenters. The lowest BCUT2D eigenvalue weighted by Gasteiger charge is -2.28. The molecule has 1 fully saturated rings. The SMILES string of the molecule is O=C(N[C@H]1CCCC[C@@H]1O)c1cc(Cc2ccccc2)n2cccc(F)c12. The van der Waals surface area contributed by atoms with Crippen LogP contribution in [-0.4, -0.2) is 27.6 Å². The molecule has 2 heterocycles. The summed E-state index contributed by atoms with van der Waals surface area (Å²) in [5.41, 5.74) is 2.55. The van der Waals surface area contributed by atoms with Crippen molar-refractivity contribution in [1.29, 1.82) is 0 Å². The van der Waals surface area contributed by atoms with Crippen LogP contribution in [-0.2, 0) is 6.42 Å². The lowest BCUT2D eigenvalue weighted by atomic mass is 9.92. The summed E-state index contributed by atoms with van der Waals surface area (Å²) in [5.74, 6) is -0.756. The first-order chi connectivity index (χ1) is 13.1. The van der Waals surface area contributed by atoms with Crippen molar-refractivity contribution in [2.24, 2.45) is 0 Å². The fourth-order valence-corrected chi connectivity index (χ4v) is 3.92. The number of carbonyl (C=O) groups is 1. The predicted octanol–water partition coefficient (Wildman–Crippen LogP) is 3.70. The van der Waals surface area contributed by atoms with Gasteiger partial charge in [0.05, 0.1) is 23.2 Å². The van der Waals surface area contributed by atoms with Crippen molar-refractivity contribution >= 4 is 11.4 Å². The zero-order chi connectivity index (χ0) is 18.8. The Morgan fingerprint density at radius 1 is 1.15 bits per heavy atom. The molecule has 1 aliphatic rings. The molecule has 4 rings (SSSR count). The number of hydrogen-bond acceptors (Lipinski definition) is 2. The molecule has 1 saturated carbocycles. The molecule has 140 valence electrons. The van der Waals surface area contributed by atoms with Crippen molar-refractivity contribution < 1.29 is 14.3 Å². The third-order valence-electron chi connectivity index (χ3n) is 5.34. The number of nitrogens with zero attached hydrogens (tertiary/aromatic N) is 1. The smallest absolute Gasteiger partial charge is 0.253 e. The maximum Gasteiger partial charge on any atom is 0.253 e. The quantitative estimate of drug-likeness (QED) is 0.740. The standard InChI is InChI=1S/C22H23FN2O2/c23-18-9-6-12-25-16(13-15-7-2-1-3-8-15)14-17(21(18)25)22(27)24-19-10-4-5-11-20(19)26/h1-3,6-9,12,14,19-20,26H,4-5,10-11,13H2,(H,24,27)/t19-,20-/m0/s1. The molecule has 2 atom stereocenters. The van der Waals surface area contributed by atoms with Gasteiger partial charge < -0.3 is 14.8 Å². The van der Waals surface area contributed by atoms with Gasteiger partial charge in [0, 0.05) is 18.3 Å². The van der Waals surface area contributed by atoms with E-state index in [1.165, 1.54) is 6.07 Å². The molecular weight excluding hydrogens is 343 g/mol. The number of pyridine rings is 1. The van der Waals surface area contributed by atoms with Gasteiger partial charge in [0.25, 0.3) is 5.91 Å². The number of amides is 1. The minimum Gasteiger partial charge on any atom is -0.391 e. The molecule has 27 heavy (non-hydrogen) atoms. The summed E-state index contributed by atoms with van der Waals surface area (Å²) < 4.78 is 16.3. The Bertz CT molecular complexity index is 952. The lowest BCUT2D eigenvalue weighted by Crippen LogP contribution is -2.45. The van der Waals surface area contributed by atoms with Crippen molar-refractivity contribution in [2.45, 2.75) is 44.2 Å². The highest BCUT2D eigenvalue weighted by Crippen LogP contribution is 2.24. The van der Waals surface area contributed by atoms with Crippen LogP contribution >= 0.6 is 0 Å². The highest BCUT2D eigenvalue weighted by atomic mass is 19.1. The number of rotatable bonds is 4. The van der Waals surface area contributed by atoms with Crippen molar-refractivity contribution in [3.63, 3.8) is 0 Å². The van der Waals surface area contributed by atoms with E-state index in [1.807, 2.05) is 30.3 Å². The number of nitrogens with one attached hydrogen (secondary N) is 1. The van der Waals surface area contributed by atoms with Crippen molar-refractivity contribution in [3.8, 4) is 0 Å². The third kappa shape index (κ3) is 3.60. The van der Waals surface area contributed by atoms with Crippen molar-refractivity contribution in [1.82, 2.24) is 9.72 Å². The van der Waals surface area contributed by atoms with E-state index in [2.05, 4.69) is 5.32 Å². The van der Waals surface area contributed by atoms with Crippen LogP contribution < -0.4 is 5.32 Å². The lowest BCUT2D eigenvalue weighted by molar-refractivity contribution is 0.0718. The molecular formula is C22H23FN2O2. The molecule has 1 aliphatic carbocycles. The topological polar surface area (TPSA) is 53.7 Å². The largest absolute Gasteiger partial charge is 0.391 e. The number of aliphatic hydroxyl groups is 1. The van der Waals surface area contributed by atoms with E-state index in [4.69, 9.17) is 0 Å². The third-order valence-corrected chi connectivity index (χ3v) is 5.34. The van der Waals surface area contributed by atoms with Gasteiger partial charge in [0.2, 0.25) is 0 Å². The van der Waals surface area contributed by atoms with Crippen LogP contribution in [0.15, 0.2) is 54.7 Å². The Balaban J connectivity index is 1.68. The van der Waals surface area contributed by atoms with Crippen molar-refractivity contribution in [3.05, 3.63) is 77.4 Å². The van der Waals surface area contributed by atoms with Gasteiger partial charge in [-0.05, 0) is 36.6 Å². The summed E-state index contributed by atoms with van der Waals surface area (Å²) in [6, 6.07) is 14.4. The molecule has 0 radical (unpaired) electrons. The molecule has 2 N–H and O–H groups in total. The number of benzene rings is 1. The second kappa shape index (κ2) is 7.53. The van der Waals surface area contributed by atoms with E-state index < -0.39 is 11.9 Å². The van der Waals surface area contributed by atoms with Gasteiger partial charge in [0.1, 0.15) is 5.82 Å². The van der Waals surface area contributed by atoms with Gasteiger partial charge >= 0.3 is 0 Å². The molecule has 0 spiro atoms. The zero-order valence-electron chi connectivity index (χ0n) is 15.1. The molecule has 1 aromatic carbocycles. The molecule has 3 aromatic rings. The van der Waals surface area contributed by atoms with Gasteiger partial charge in [-0.25, -0.2) is 4.39 Å². The first kappa shape index (κ1) is 17.7. The first-order valence-electron chi connectivity index (χ1n) is 9.45. The van der Waals surface area contributed by atoms with Crippen LogP contribution in [0.4, 0.5) is 4.39 Å². The van der Waals surface area contributed by atoms with E-state index >= 15 is 0 Å². The predicted molar refractivity (Wildman–Crippen MR) is 102 cm³/mol. The monoisotopic (exact) mass is 366 g/mol. The van der Waals surface area contributed by atoms with Crippen LogP contribution in [0.5, 0.6) is 0 Å². The number of fused-ring (bicyclic) bond motifs is 1. The van der Waals surface area contributed by atoms with Crippen molar-refractivity contribution in [2.75, 3.05) is 0 Å². The summed E-state index contributed by atoms with van der Waals surface area (Å²) in [4.78, 5) is 12.9. The van der Waals surface area contributed by atoms with Crippen LogP contribution in [0, 0.1) is 5.82 Å².